The zero-order valence-electron chi connectivity index (χ0n) is 7.99. The molecule has 0 unspecified atom stereocenters. The van der Waals surface area contributed by atoms with Crippen LogP contribution in [0.4, 0.5) is 0 Å². The van der Waals surface area contributed by atoms with E-state index in [1.165, 1.54) is 0 Å². The molecule has 2 aromatic rings. The van der Waals surface area contributed by atoms with Crippen molar-refractivity contribution in [2.24, 2.45) is 7.05 Å². The second kappa shape index (κ2) is 3.04. The van der Waals surface area contributed by atoms with Crippen LogP contribution in [0, 0.1) is 11.3 Å². The molecule has 68 valence electrons. The van der Waals surface area contributed by atoms with Gasteiger partial charge in [0.25, 0.3) is 0 Å². The number of nitriles is 1. The van der Waals surface area contributed by atoms with Gasteiger partial charge in [0, 0.05) is 24.1 Å². The van der Waals surface area contributed by atoms with Crippen molar-refractivity contribution in [3.05, 3.63) is 42.1 Å². The summed E-state index contributed by atoms with van der Waals surface area (Å²) in [5.41, 5.74) is 2.83. The minimum Gasteiger partial charge on any atom is -0.349 e. The van der Waals surface area contributed by atoms with E-state index in [1.54, 1.807) is 6.08 Å². The molecule has 0 spiro atoms. The molecule has 0 radical (unpaired) electrons. The van der Waals surface area contributed by atoms with Gasteiger partial charge in [0.2, 0.25) is 0 Å². The van der Waals surface area contributed by atoms with Gasteiger partial charge >= 0.3 is 0 Å². The Bertz CT molecular complexity index is 541. The summed E-state index contributed by atoms with van der Waals surface area (Å²) < 4.78 is 1.96. The Labute approximate surface area is 82.7 Å². The highest BCUT2D eigenvalue weighted by Gasteiger charge is 2.05. The average Bonchev–Trinajstić information content (AvgIpc) is 2.55. The molecule has 0 saturated heterocycles. The zero-order chi connectivity index (χ0) is 10.1. The number of hydrogen-bond donors (Lipinski definition) is 0. The Kier molecular flexibility index (Phi) is 1.86. The summed E-state index contributed by atoms with van der Waals surface area (Å²) >= 11 is 0. The molecule has 2 heteroatoms. The van der Waals surface area contributed by atoms with Gasteiger partial charge in [-0.1, -0.05) is 18.7 Å². The Morgan fingerprint density at radius 3 is 2.93 bits per heavy atom. The first kappa shape index (κ1) is 8.58. The topological polar surface area (TPSA) is 28.7 Å². The molecule has 0 bridgehead atoms. The van der Waals surface area contributed by atoms with Crippen molar-refractivity contribution in [1.29, 1.82) is 5.26 Å². The van der Waals surface area contributed by atoms with Gasteiger partial charge in [-0.2, -0.15) is 5.26 Å². The lowest BCUT2D eigenvalue weighted by atomic mass is 10.1. The quantitative estimate of drug-likeness (QED) is 0.666. The van der Waals surface area contributed by atoms with Crippen LogP contribution >= 0.6 is 0 Å². The zero-order valence-corrected chi connectivity index (χ0v) is 7.99. The molecule has 0 N–H and O–H groups in total. The second-order valence-electron chi connectivity index (χ2n) is 3.25. The molecule has 0 amide bonds. The van der Waals surface area contributed by atoms with Crippen molar-refractivity contribution in [2.75, 3.05) is 0 Å². The van der Waals surface area contributed by atoms with Gasteiger partial charge < -0.3 is 4.57 Å². The van der Waals surface area contributed by atoms with E-state index in [0.717, 1.165) is 16.5 Å². The van der Waals surface area contributed by atoms with Gasteiger partial charge in [-0.15, -0.1) is 0 Å². The van der Waals surface area contributed by atoms with Crippen LogP contribution in [0.25, 0.3) is 17.0 Å². The highest BCUT2D eigenvalue weighted by molar-refractivity contribution is 5.88. The summed E-state index contributed by atoms with van der Waals surface area (Å²) in [6, 6.07) is 8.18. The van der Waals surface area contributed by atoms with Crippen molar-refractivity contribution in [3.8, 4) is 6.07 Å². The number of nitrogens with zero attached hydrogens (tertiary/aromatic N) is 2. The Morgan fingerprint density at radius 1 is 1.50 bits per heavy atom. The van der Waals surface area contributed by atoms with Gasteiger partial charge in [0.1, 0.15) is 6.07 Å². The van der Waals surface area contributed by atoms with Crippen molar-refractivity contribution >= 4 is 17.0 Å². The molecule has 0 aliphatic carbocycles. The number of benzene rings is 1. The third kappa shape index (κ3) is 1.11. The van der Waals surface area contributed by atoms with Crippen LogP contribution in [-0.2, 0) is 7.05 Å². The first-order valence-electron chi connectivity index (χ1n) is 4.38. The second-order valence-corrected chi connectivity index (χ2v) is 3.25. The van der Waals surface area contributed by atoms with E-state index in [-0.39, 0.29) is 0 Å². The first-order valence-corrected chi connectivity index (χ1v) is 4.38. The molecular weight excluding hydrogens is 172 g/mol. The van der Waals surface area contributed by atoms with E-state index < -0.39 is 0 Å². The fourth-order valence-electron chi connectivity index (χ4n) is 1.63. The maximum atomic E-state index is 8.92. The van der Waals surface area contributed by atoms with Crippen LogP contribution in [-0.4, -0.2) is 4.57 Å². The van der Waals surface area contributed by atoms with Crippen LogP contribution in [0.2, 0.25) is 0 Å². The number of aromatic nitrogens is 1. The fraction of sp³-hybridized carbons (Fsp3) is 0.0833. The van der Waals surface area contributed by atoms with E-state index in [9.17, 15) is 0 Å². The molecule has 0 fully saturated rings. The van der Waals surface area contributed by atoms with Crippen molar-refractivity contribution in [1.82, 2.24) is 4.57 Å². The minimum atomic E-state index is 0.714. The molecule has 0 aliphatic rings. The summed E-state index contributed by atoms with van der Waals surface area (Å²) in [6.45, 7) is 3.71. The molecule has 1 heterocycles. The third-order valence-corrected chi connectivity index (χ3v) is 2.37. The van der Waals surface area contributed by atoms with E-state index in [2.05, 4.69) is 12.6 Å². The molecule has 0 saturated carbocycles. The minimum absolute atomic E-state index is 0.714. The number of rotatable bonds is 1. The third-order valence-electron chi connectivity index (χ3n) is 2.37. The Hall–Kier alpha value is -2.01. The van der Waals surface area contributed by atoms with E-state index in [1.807, 2.05) is 36.0 Å². The molecule has 0 aliphatic heterocycles. The standard InChI is InChI=1S/C12H10N2/c1-3-9-4-5-12-11(6-9)10(7-13)8-14(12)2/h3-6,8H,1H2,2H3. The predicted molar refractivity (Wildman–Crippen MR) is 57.7 cm³/mol. The van der Waals surface area contributed by atoms with Crippen LogP contribution < -0.4 is 0 Å². The number of aryl methyl sites for hydroxylation is 1. The van der Waals surface area contributed by atoms with E-state index in [0.29, 0.717) is 5.56 Å². The Balaban J connectivity index is 2.86. The molecule has 1 aromatic heterocycles. The highest BCUT2D eigenvalue weighted by atomic mass is 14.9. The van der Waals surface area contributed by atoms with Crippen molar-refractivity contribution in [2.45, 2.75) is 0 Å². The molecule has 2 nitrogen and oxygen atoms in total. The van der Waals surface area contributed by atoms with Crippen LogP contribution in [0.1, 0.15) is 11.1 Å². The Morgan fingerprint density at radius 2 is 2.29 bits per heavy atom. The lowest BCUT2D eigenvalue weighted by molar-refractivity contribution is 0.967. The van der Waals surface area contributed by atoms with E-state index >= 15 is 0 Å². The predicted octanol–water partition coefficient (Wildman–Crippen LogP) is 2.69. The van der Waals surface area contributed by atoms with E-state index in [4.69, 9.17) is 5.26 Å². The van der Waals surface area contributed by atoms with Crippen LogP contribution in [0.15, 0.2) is 31.0 Å². The largest absolute Gasteiger partial charge is 0.349 e. The number of hydrogen-bond acceptors (Lipinski definition) is 1. The summed E-state index contributed by atoms with van der Waals surface area (Å²) in [6.07, 6.45) is 3.63. The average molecular weight is 182 g/mol. The van der Waals surface area contributed by atoms with Crippen LogP contribution in [0.5, 0.6) is 0 Å². The molecule has 2 rings (SSSR count). The molecule has 14 heavy (non-hydrogen) atoms. The van der Waals surface area contributed by atoms with Gasteiger partial charge in [0.05, 0.1) is 5.56 Å². The monoisotopic (exact) mass is 182 g/mol. The molecule has 0 atom stereocenters. The van der Waals surface area contributed by atoms with Crippen molar-refractivity contribution in [3.63, 3.8) is 0 Å². The summed E-state index contributed by atoms with van der Waals surface area (Å²) in [5.74, 6) is 0. The summed E-state index contributed by atoms with van der Waals surface area (Å²) in [4.78, 5) is 0. The maximum Gasteiger partial charge on any atom is 0.101 e. The summed E-state index contributed by atoms with van der Waals surface area (Å²) in [7, 11) is 1.94. The maximum absolute atomic E-state index is 8.92. The number of fused-ring (bicyclic) bond motifs is 1. The van der Waals surface area contributed by atoms with Gasteiger partial charge in [-0.3, -0.25) is 0 Å². The lowest BCUT2D eigenvalue weighted by Gasteiger charge is -1.96. The van der Waals surface area contributed by atoms with Gasteiger partial charge in [-0.25, -0.2) is 0 Å². The summed E-state index contributed by atoms with van der Waals surface area (Å²) in [5, 5.41) is 9.92. The SMILES string of the molecule is C=Cc1ccc2c(c1)c(C#N)cn2C. The lowest BCUT2D eigenvalue weighted by Crippen LogP contribution is -1.82. The highest BCUT2D eigenvalue weighted by Crippen LogP contribution is 2.21. The van der Waals surface area contributed by atoms with Crippen LogP contribution in [0.3, 0.4) is 0 Å². The molecule has 1 aromatic carbocycles. The fourth-order valence-corrected chi connectivity index (χ4v) is 1.63. The van der Waals surface area contributed by atoms with Gasteiger partial charge in [-0.05, 0) is 17.7 Å². The smallest absolute Gasteiger partial charge is 0.101 e. The van der Waals surface area contributed by atoms with Crippen molar-refractivity contribution < 1.29 is 0 Å². The molecular formula is C12H10N2. The normalized spacial score (nSPS) is 10.0. The first-order chi connectivity index (χ1) is 6.76. The van der Waals surface area contributed by atoms with Gasteiger partial charge in [0.15, 0.2) is 0 Å².